The van der Waals surface area contributed by atoms with E-state index in [1.165, 1.54) is 0 Å². The maximum atomic E-state index is 11.8. The fraction of sp³-hybridized carbons (Fsp3) is 0.769. The molecule has 1 aliphatic carbocycles. The highest BCUT2D eigenvalue weighted by Gasteiger charge is 2.41. The predicted molar refractivity (Wildman–Crippen MR) is 69.7 cm³/mol. The molecule has 0 spiro atoms. The monoisotopic (exact) mass is 277 g/mol. The minimum Gasteiger partial charge on any atom is -0.423 e. The maximum absolute atomic E-state index is 11.8. The van der Waals surface area contributed by atoms with Gasteiger partial charge in [0.1, 0.15) is 6.04 Å². The Labute approximate surface area is 116 Å². The second-order valence-electron chi connectivity index (χ2n) is 6.23. The summed E-state index contributed by atoms with van der Waals surface area (Å²) in [6.45, 7) is 0.749. The van der Waals surface area contributed by atoms with Crippen molar-refractivity contribution in [2.75, 3.05) is 6.54 Å². The lowest BCUT2D eigenvalue weighted by Gasteiger charge is -2.31. The quantitative estimate of drug-likeness (QED) is 0.842. The van der Waals surface area contributed by atoms with Gasteiger partial charge in [0.15, 0.2) is 0 Å². The van der Waals surface area contributed by atoms with Gasteiger partial charge in [-0.05, 0) is 31.6 Å². The van der Waals surface area contributed by atoms with Crippen LogP contribution < -0.4 is 11.1 Å². The summed E-state index contributed by atoms with van der Waals surface area (Å²) in [6.07, 6.45) is 4.75. The number of nitrogens with two attached hydrogens (primary N) is 1. The first-order valence-electron chi connectivity index (χ1n) is 7.34. The van der Waals surface area contributed by atoms with E-state index in [2.05, 4.69) is 15.5 Å². The molecule has 0 unspecified atom stereocenters. The fourth-order valence-electron chi connectivity index (χ4n) is 3.51. The molecule has 2 atom stereocenters. The van der Waals surface area contributed by atoms with E-state index in [4.69, 9.17) is 10.2 Å². The van der Waals surface area contributed by atoms with E-state index in [1.54, 1.807) is 0 Å². The SMILES string of the molecule is N[C@H]1C[C@H](Cc2nnc([C@@H]3CC[C@@H]4CN3C(=O)N4)o2)C1. The number of aromatic nitrogens is 2. The Kier molecular flexibility index (Phi) is 2.70. The van der Waals surface area contributed by atoms with Crippen LogP contribution in [0.4, 0.5) is 4.79 Å². The molecule has 4 rings (SSSR count). The third kappa shape index (κ3) is 1.96. The molecule has 2 saturated heterocycles. The summed E-state index contributed by atoms with van der Waals surface area (Å²) in [5.41, 5.74) is 5.78. The Morgan fingerprint density at radius 2 is 2.20 bits per heavy atom. The van der Waals surface area contributed by atoms with Crippen LogP contribution in [0.15, 0.2) is 4.42 Å². The Balaban J connectivity index is 1.46. The Morgan fingerprint density at radius 3 is 3.00 bits per heavy atom. The van der Waals surface area contributed by atoms with E-state index in [0.717, 1.165) is 38.6 Å². The van der Waals surface area contributed by atoms with Crippen molar-refractivity contribution in [3.05, 3.63) is 11.8 Å². The third-order valence-corrected chi connectivity index (χ3v) is 4.67. The first-order chi connectivity index (χ1) is 9.69. The van der Waals surface area contributed by atoms with Crippen LogP contribution in [-0.4, -0.2) is 39.8 Å². The molecular weight excluding hydrogens is 258 g/mol. The smallest absolute Gasteiger partial charge is 0.318 e. The standard InChI is InChI=1S/C13H19N5O2/c14-8-3-7(4-8)5-11-16-17-12(20-11)10-2-1-9-6-18(10)13(19)15-9/h7-10H,1-6,14H2,(H,15,19)/t7-,8-,9-,10+/m1/s1. The van der Waals surface area contributed by atoms with Crippen LogP contribution in [0, 0.1) is 5.92 Å². The van der Waals surface area contributed by atoms with Crippen LogP contribution in [0.25, 0.3) is 0 Å². The molecular formula is C13H19N5O2. The third-order valence-electron chi connectivity index (χ3n) is 4.67. The first-order valence-corrected chi connectivity index (χ1v) is 7.34. The summed E-state index contributed by atoms with van der Waals surface area (Å²) in [5, 5.41) is 11.2. The number of nitrogens with zero attached hydrogens (tertiary/aromatic N) is 3. The molecule has 3 fully saturated rings. The van der Waals surface area contributed by atoms with Crippen LogP contribution in [0.2, 0.25) is 0 Å². The summed E-state index contributed by atoms with van der Waals surface area (Å²) in [4.78, 5) is 13.6. The number of urea groups is 1. The number of piperidine rings is 1. The van der Waals surface area contributed by atoms with Gasteiger partial charge in [0.05, 0.1) is 0 Å². The number of fused-ring (bicyclic) bond motifs is 2. The molecule has 3 N–H and O–H groups in total. The highest BCUT2D eigenvalue weighted by atomic mass is 16.4. The van der Waals surface area contributed by atoms with Crippen molar-refractivity contribution < 1.29 is 9.21 Å². The second-order valence-corrected chi connectivity index (χ2v) is 6.23. The summed E-state index contributed by atoms with van der Waals surface area (Å²) in [7, 11) is 0. The molecule has 0 aromatic carbocycles. The Hall–Kier alpha value is -1.63. The van der Waals surface area contributed by atoms with Crippen LogP contribution in [-0.2, 0) is 6.42 Å². The van der Waals surface area contributed by atoms with E-state index in [1.807, 2.05) is 4.90 Å². The molecule has 2 bridgehead atoms. The van der Waals surface area contributed by atoms with Gasteiger partial charge < -0.3 is 20.4 Å². The van der Waals surface area contributed by atoms with E-state index >= 15 is 0 Å². The fourth-order valence-corrected chi connectivity index (χ4v) is 3.51. The van der Waals surface area contributed by atoms with E-state index < -0.39 is 0 Å². The maximum Gasteiger partial charge on any atom is 0.318 e. The second kappa shape index (κ2) is 4.44. The van der Waals surface area contributed by atoms with Crippen molar-refractivity contribution in [1.82, 2.24) is 20.4 Å². The summed E-state index contributed by atoms with van der Waals surface area (Å²) in [5.74, 6) is 1.84. The first kappa shape index (κ1) is 12.1. The van der Waals surface area contributed by atoms with Gasteiger partial charge in [-0.1, -0.05) is 0 Å². The van der Waals surface area contributed by atoms with Crippen molar-refractivity contribution in [3.8, 4) is 0 Å². The van der Waals surface area contributed by atoms with Crippen LogP contribution in [0.1, 0.15) is 43.5 Å². The van der Waals surface area contributed by atoms with Crippen molar-refractivity contribution >= 4 is 6.03 Å². The molecule has 0 radical (unpaired) electrons. The van der Waals surface area contributed by atoms with Gasteiger partial charge in [0.25, 0.3) is 0 Å². The Bertz CT molecular complexity index is 525. The molecule has 1 saturated carbocycles. The molecule has 7 heteroatoms. The molecule has 3 heterocycles. The van der Waals surface area contributed by atoms with Gasteiger partial charge in [-0.3, -0.25) is 0 Å². The molecule has 1 aromatic rings. The lowest BCUT2D eigenvalue weighted by molar-refractivity contribution is 0.165. The van der Waals surface area contributed by atoms with Gasteiger partial charge in [0, 0.05) is 25.0 Å². The lowest BCUT2D eigenvalue weighted by Crippen LogP contribution is -2.37. The van der Waals surface area contributed by atoms with Gasteiger partial charge in [0.2, 0.25) is 11.8 Å². The molecule has 108 valence electrons. The molecule has 1 aromatic heterocycles. The summed E-state index contributed by atoms with van der Waals surface area (Å²) in [6, 6.07) is 0.560. The number of amides is 2. The highest BCUT2D eigenvalue weighted by Crippen LogP contribution is 2.34. The van der Waals surface area contributed by atoms with Crippen LogP contribution >= 0.6 is 0 Å². The number of hydrogen-bond donors (Lipinski definition) is 2. The van der Waals surface area contributed by atoms with Gasteiger partial charge in [-0.25, -0.2) is 4.79 Å². The van der Waals surface area contributed by atoms with Gasteiger partial charge >= 0.3 is 6.03 Å². The highest BCUT2D eigenvalue weighted by molar-refractivity contribution is 5.77. The van der Waals surface area contributed by atoms with Gasteiger partial charge in [-0.15, -0.1) is 10.2 Å². The number of rotatable bonds is 3. The lowest BCUT2D eigenvalue weighted by atomic mass is 9.79. The van der Waals surface area contributed by atoms with E-state index in [9.17, 15) is 4.79 Å². The normalized spacial score (nSPS) is 35.9. The number of carbonyl (C=O) groups excluding carboxylic acids is 1. The molecule has 2 aliphatic heterocycles. The van der Waals surface area contributed by atoms with Crippen LogP contribution in [0.3, 0.4) is 0 Å². The van der Waals surface area contributed by atoms with Crippen molar-refractivity contribution in [1.29, 1.82) is 0 Å². The molecule has 20 heavy (non-hydrogen) atoms. The van der Waals surface area contributed by atoms with Crippen LogP contribution in [0.5, 0.6) is 0 Å². The summed E-state index contributed by atoms with van der Waals surface area (Å²) < 4.78 is 5.78. The summed E-state index contributed by atoms with van der Waals surface area (Å²) >= 11 is 0. The molecule has 2 amide bonds. The van der Waals surface area contributed by atoms with E-state index in [0.29, 0.717) is 23.7 Å². The average Bonchev–Trinajstić information content (AvgIpc) is 2.95. The number of carbonyl (C=O) groups is 1. The zero-order valence-corrected chi connectivity index (χ0v) is 11.3. The van der Waals surface area contributed by atoms with Crippen molar-refractivity contribution in [2.24, 2.45) is 11.7 Å². The van der Waals surface area contributed by atoms with Crippen molar-refractivity contribution in [3.63, 3.8) is 0 Å². The van der Waals surface area contributed by atoms with Gasteiger partial charge in [-0.2, -0.15) is 0 Å². The molecule has 3 aliphatic rings. The number of nitrogens with one attached hydrogen (secondary N) is 1. The number of hydrogen-bond acceptors (Lipinski definition) is 5. The predicted octanol–water partition coefficient (Wildman–Crippen LogP) is 0.578. The zero-order chi connectivity index (χ0) is 13.7. The zero-order valence-electron chi connectivity index (χ0n) is 11.3. The minimum absolute atomic E-state index is 0.0118. The molecule has 7 nitrogen and oxygen atoms in total. The topological polar surface area (TPSA) is 97.3 Å². The van der Waals surface area contributed by atoms with Crippen molar-refractivity contribution in [2.45, 2.75) is 50.2 Å². The largest absolute Gasteiger partial charge is 0.423 e. The van der Waals surface area contributed by atoms with E-state index in [-0.39, 0.29) is 18.1 Å². The Morgan fingerprint density at radius 1 is 1.35 bits per heavy atom. The minimum atomic E-state index is -0.0568. The average molecular weight is 277 g/mol.